The first-order valence-electron chi connectivity index (χ1n) is 6.00. The van der Waals surface area contributed by atoms with Crippen molar-refractivity contribution in [2.45, 2.75) is 26.7 Å². The molecule has 2 aromatic rings. The van der Waals surface area contributed by atoms with Gasteiger partial charge in [0.2, 0.25) is 0 Å². The van der Waals surface area contributed by atoms with E-state index in [1.807, 2.05) is 6.92 Å². The van der Waals surface area contributed by atoms with Crippen molar-refractivity contribution < 1.29 is 4.42 Å². The SMILES string of the molecule is CCc1ccc(-c2nc(C)oc2CCN)cc1. The van der Waals surface area contributed by atoms with Crippen LogP contribution in [0.2, 0.25) is 0 Å². The highest BCUT2D eigenvalue weighted by atomic mass is 16.4. The minimum atomic E-state index is 0.578. The zero-order valence-electron chi connectivity index (χ0n) is 10.4. The number of aromatic nitrogens is 1. The van der Waals surface area contributed by atoms with Crippen LogP contribution in [0.5, 0.6) is 0 Å². The molecule has 0 fully saturated rings. The summed E-state index contributed by atoms with van der Waals surface area (Å²) in [7, 11) is 0. The van der Waals surface area contributed by atoms with Gasteiger partial charge in [-0.3, -0.25) is 0 Å². The molecule has 0 saturated carbocycles. The minimum Gasteiger partial charge on any atom is -0.445 e. The molecule has 0 aliphatic rings. The van der Waals surface area contributed by atoms with Gasteiger partial charge in [-0.05, 0) is 18.5 Å². The third-order valence-electron chi connectivity index (χ3n) is 2.81. The Balaban J connectivity index is 2.37. The first-order valence-corrected chi connectivity index (χ1v) is 6.00. The fourth-order valence-electron chi connectivity index (χ4n) is 1.89. The van der Waals surface area contributed by atoms with Crippen LogP contribution < -0.4 is 5.73 Å². The van der Waals surface area contributed by atoms with E-state index >= 15 is 0 Å². The second kappa shape index (κ2) is 5.15. The van der Waals surface area contributed by atoms with Crippen LogP contribution in [0.4, 0.5) is 0 Å². The topological polar surface area (TPSA) is 52.0 Å². The minimum absolute atomic E-state index is 0.578. The van der Waals surface area contributed by atoms with Crippen LogP contribution in [0.1, 0.15) is 24.1 Å². The first-order chi connectivity index (χ1) is 8.24. The summed E-state index contributed by atoms with van der Waals surface area (Å²) in [6.07, 6.45) is 1.78. The monoisotopic (exact) mass is 230 g/mol. The van der Waals surface area contributed by atoms with Crippen LogP contribution in [-0.2, 0) is 12.8 Å². The Kier molecular flexibility index (Phi) is 3.59. The molecule has 2 N–H and O–H groups in total. The average molecular weight is 230 g/mol. The molecule has 0 amide bonds. The van der Waals surface area contributed by atoms with Gasteiger partial charge in [0, 0.05) is 18.9 Å². The lowest BCUT2D eigenvalue weighted by atomic mass is 10.1. The average Bonchev–Trinajstić information content (AvgIpc) is 2.71. The van der Waals surface area contributed by atoms with Gasteiger partial charge in [-0.1, -0.05) is 31.2 Å². The van der Waals surface area contributed by atoms with Crippen LogP contribution in [0.15, 0.2) is 28.7 Å². The van der Waals surface area contributed by atoms with E-state index in [1.54, 1.807) is 0 Å². The summed E-state index contributed by atoms with van der Waals surface area (Å²) < 4.78 is 5.57. The maximum Gasteiger partial charge on any atom is 0.191 e. The van der Waals surface area contributed by atoms with E-state index < -0.39 is 0 Å². The van der Waals surface area contributed by atoms with Gasteiger partial charge in [0.15, 0.2) is 5.89 Å². The van der Waals surface area contributed by atoms with Crippen molar-refractivity contribution >= 4 is 0 Å². The van der Waals surface area contributed by atoms with Gasteiger partial charge in [0.25, 0.3) is 0 Å². The standard InChI is InChI=1S/C14H18N2O/c1-3-11-4-6-12(7-5-11)14-13(8-9-15)17-10(2)16-14/h4-7H,3,8-9,15H2,1-2H3. The predicted octanol–water partition coefficient (Wildman–Crippen LogP) is 2.71. The summed E-state index contributed by atoms with van der Waals surface area (Å²) in [5.74, 6) is 1.58. The number of nitrogens with zero attached hydrogens (tertiary/aromatic N) is 1. The molecule has 3 heteroatoms. The van der Waals surface area contributed by atoms with Crippen molar-refractivity contribution in [3.05, 3.63) is 41.5 Å². The molecule has 0 aliphatic heterocycles. The molecule has 0 radical (unpaired) electrons. The van der Waals surface area contributed by atoms with Crippen LogP contribution in [-0.4, -0.2) is 11.5 Å². The van der Waals surface area contributed by atoms with Crippen LogP contribution in [0.3, 0.4) is 0 Å². The van der Waals surface area contributed by atoms with Crippen molar-refractivity contribution in [3.8, 4) is 11.3 Å². The highest BCUT2D eigenvalue weighted by molar-refractivity contribution is 5.61. The van der Waals surface area contributed by atoms with Crippen molar-refractivity contribution in [3.63, 3.8) is 0 Å². The largest absolute Gasteiger partial charge is 0.445 e. The number of aryl methyl sites for hydroxylation is 2. The Hall–Kier alpha value is -1.61. The highest BCUT2D eigenvalue weighted by Crippen LogP contribution is 2.24. The molecule has 90 valence electrons. The van der Waals surface area contributed by atoms with Crippen molar-refractivity contribution in [1.29, 1.82) is 0 Å². The highest BCUT2D eigenvalue weighted by Gasteiger charge is 2.12. The number of hydrogen-bond acceptors (Lipinski definition) is 3. The third-order valence-corrected chi connectivity index (χ3v) is 2.81. The van der Waals surface area contributed by atoms with E-state index in [9.17, 15) is 0 Å². The number of nitrogens with two attached hydrogens (primary N) is 1. The zero-order chi connectivity index (χ0) is 12.3. The summed E-state index contributed by atoms with van der Waals surface area (Å²) in [5.41, 5.74) is 8.93. The molecule has 1 heterocycles. The van der Waals surface area contributed by atoms with E-state index in [0.29, 0.717) is 12.4 Å². The number of rotatable bonds is 4. The molecule has 1 aromatic heterocycles. The van der Waals surface area contributed by atoms with Crippen LogP contribution >= 0.6 is 0 Å². The van der Waals surface area contributed by atoms with Gasteiger partial charge in [0.1, 0.15) is 11.5 Å². The van der Waals surface area contributed by atoms with E-state index in [2.05, 4.69) is 36.2 Å². The molecule has 0 atom stereocenters. The smallest absolute Gasteiger partial charge is 0.191 e. The number of benzene rings is 1. The summed E-state index contributed by atoms with van der Waals surface area (Å²) in [6.45, 7) is 4.59. The van der Waals surface area contributed by atoms with Gasteiger partial charge in [-0.2, -0.15) is 0 Å². The van der Waals surface area contributed by atoms with Gasteiger partial charge >= 0.3 is 0 Å². The summed E-state index contributed by atoms with van der Waals surface area (Å²) in [6, 6.07) is 8.45. The Labute approximate surface area is 102 Å². The van der Waals surface area contributed by atoms with Crippen molar-refractivity contribution in [1.82, 2.24) is 4.98 Å². The number of hydrogen-bond donors (Lipinski definition) is 1. The predicted molar refractivity (Wildman–Crippen MR) is 68.8 cm³/mol. The third kappa shape index (κ3) is 2.56. The Bertz CT molecular complexity index is 485. The normalized spacial score (nSPS) is 10.8. The van der Waals surface area contributed by atoms with E-state index in [4.69, 9.17) is 10.2 Å². The second-order valence-electron chi connectivity index (χ2n) is 4.09. The molecule has 0 bridgehead atoms. The number of oxazole rings is 1. The molecule has 0 saturated heterocycles. The lowest BCUT2D eigenvalue weighted by Crippen LogP contribution is -2.02. The first kappa shape index (κ1) is 11.9. The molecular weight excluding hydrogens is 212 g/mol. The van der Waals surface area contributed by atoms with Gasteiger partial charge in [-0.15, -0.1) is 0 Å². The molecule has 2 rings (SSSR count). The Morgan fingerprint density at radius 2 is 1.94 bits per heavy atom. The molecule has 0 spiro atoms. The molecular formula is C14H18N2O. The quantitative estimate of drug-likeness (QED) is 0.878. The molecule has 0 unspecified atom stereocenters. The van der Waals surface area contributed by atoms with Gasteiger partial charge < -0.3 is 10.2 Å². The van der Waals surface area contributed by atoms with Crippen molar-refractivity contribution in [2.24, 2.45) is 5.73 Å². The van der Waals surface area contributed by atoms with Crippen molar-refractivity contribution in [2.75, 3.05) is 6.54 Å². The van der Waals surface area contributed by atoms with E-state index in [-0.39, 0.29) is 0 Å². The van der Waals surface area contributed by atoms with E-state index in [1.165, 1.54) is 5.56 Å². The molecule has 0 aliphatic carbocycles. The van der Waals surface area contributed by atoms with Gasteiger partial charge in [-0.25, -0.2) is 4.98 Å². The fourth-order valence-corrected chi connectivity index (χ4v) is 1.89. The molecule has 17 heavy (non-hydrogen) atoms. The zero-order valence-corrected chi connectivity index (χ0v) is 10.4. The summed E-state index contributed by atoms with van der Waals surface area (Å²) >= 11 is 0. The maximum absolute atomic E-state index is 5.57. The van der Waals surface area contributed by atoms with Gasteiger partial charge in [0.05, 0.1) is 0 Å². The summed E-state index contributed by atoms with van der Waals surface area (Å²) in [5, 5.41) is 0. The fraction of sp³-hybridized carbons (Fsp3) is 0.357. The Morgan fingerprint density at radius 3 is 2.53 bits per heavy atom. The Morgan fingerprint density at radius 1 is 1.24 bits per heavy atom. The maximum atomic E-state index is 5.57. The molecule has 1 aromatic carbocycles. The van der Waals surface area contributed by atoms with Crippen LogP contribution in [0.25, 0.3) is 11.3 Å². The van der Waals surface area contributed by atoms with E-state index in [0.717, 1.165) is 29.9 Å². The summed E-state index contributed by atoms with van der Waals surface area (Å²) in [4.78, 5) is 4.43. The molecule has 3 nitrogen and oxygen atoms in total. The lowest BCUT2D eigenvalue weighted by molar-refractivity contribution is 0.476. The second-order valence-corrected chi connectivity index (χ2v) is 4.09. The lowest BCUT2D eigenvalue weighted by Gasteiger charge is -2.01. The van der Waals surface area contributed by atoms with Crippen LogP contribution in [0, 0.1) is 6.92 Å².